The summed E-state index contributed by atoms with van der Waals surface area (Å²) in [6.45, 7) is 5.07. The Balaban J connectivity index is 1.71. The second-order valence-electron chi connectivity index (χ2n) is 6.32. The summed E-state index contributed by atoms with van der Waals surface area (Å²) in [6.07, 6.45) is 0. The van der Waals surface area contributed by atoms with E-state index in [1.807, 2.05) is 18.2 Å². The van der Waals surface area contributed by atoms with Gasteiger partial charge in [-0.1, -0.05) is 29.8 Å². The molecule has 26 heavy (non-hydrogen) atoms. The summed E-state index contributed by atoms with van der Waals surface area (Å²) < 4.78 is 19.2. The molecule has 3 aromatic rings. The van der Waals surface area contributed by atoms with Gasteiger partial charge in [0.1, 0.15) is 18.2 Å². The third-order valence-corrected chi connectivity index (χ3v) is 4.53. The van der Waals surface area contributed by atoms with E-state index in [1.54, 1.807) is 12.1 Å². The van der Waals surface area contributed by atoms with Crippen LogP contribution in [0.5, 0.6) is 5.75 Å². The first-order valence-electron chi connectivity index (χ1n) is 8.48. The zero-order valence-corrected chi connectivity index (χ0v) is 15.6. The number of ether oxygens (including phenoxy) is 1. The number of halogens is 2. The highest BCUT2D eigenvalue weighted by molar-refractivity contribution is 6.30. The van der Waals surface area contributed by atoms with E-state index < -0.39 is 0 Å². The minimum absolute atomic E-state index is 0.265. The van der Waals surface area contributed by atoms with Crippen LogP contribution in [0.2, 0.25) is 5.02 Å². The maximum atomic E-state index is 13.3. The Morgan fingerprint density at radius 1 is 0.962 bits per heavy atom. The summed E-state index contributed by atoms with van der Waals surface area (Å²) >= 11 is 6.15. The molecule has 0 amide bonds. The molecule has 134 valence electrons. The van der Waals surface area contributed by atoms with Crippen LogP contribution < -0.4 is 10.1 Å². The molecule has 0 aliphatic rings. The van der Waals surface area contributed by atoms with Gasteiger partial charge >= 0.3 is 0 Å². The fourth-order valence-corrected chi connectivity index (χ4v) is 2.86. The molecule has 0 bridgehead atoms. The molecule has 0 atom stereocenters. The number of anilines is 1. The molecule has 0 spiro atoms. The van der Waals surface area contributed by atoms with Gasteiger partial charge < -0.3 is 10.1 Å². The van der Waals surface area contributed by atoms with E-state index in [9.17, 15) is 4.39 Å². The van der Waals surface area contributed by atoms with Crippen LogP contribution in [0.15, 0.2) is 60.7 Å². The highest BCUT2D eigenvalue weighted by atomic mass is 35.5. The van der Waals surface area contributed by atoms with Crippen LogP contribution in [0.25, 0.3) is 0 Å². The largest absolute Gasteiger partial charge is 0.489 e. The highest BCUT2D eigenvalue weighted by Gasteiger charge is 2.07. The van der Waals surface area contributed by atoms with Crippen molar-refractivity contribution in [1.29, 1.82) is 0 Å². The highest BCUT2D eigenvalue weighted by Crippen LogP contribution is 2.25. The van der Waals surface area contributed by atoms with Gasteiger partial charge in [0, 0.05) is 22.8 Å². The van der Waals surface area contributed by atoms with Crippen molar-refractivity contribution < 1.29 is 9.13 Å². The fourth-order valence-electron chi connectivity index (χ4n) is 2.66. The van der Waals surface area contributed by atoms with E-state index in [0.717, 1.165) is 22.6 Å². The quantitative estimate of drug-likeness (QED) is 0.551. The van der Waals surface area contributed by atoms with Crippen molar-refractivity contribution in [3.8, 4) is 5.75 Å². The van der Waals surface area contributed by atoms with Gasteiger partial charge in [0.25, 0.3) is 0 Å². The molecule has 0 aliphatic heterocycles. The lowest BCUT2D eigenvalue weighted by atomic mass is 10.1. The maximum absolute atomic E-state index is 13.3. The average molecular weight is 370 g/mol. The van der Waals surface area contributed by atoms with Crippen LogP contribution in [0, 0.1) is 19.7 Å². The van der Waals surface area contributed by atoms with E-state index in [0.29, 0.717) is 18.2 Å². The molecule has 0 saturated heterocycles. The Bertz CT molecular complexity index is 910. The van der Waals surface area contributed by atoms with E-state index in [2.05, 4.69) is 37.4 Å². The topological polar surface area (TPSA) is 21.3 Å². The standard InChI is InChI=1S/C22H21ClFNO/c1-15-6-8-21(10-16(15)2)25-13-18-12-19(23)7-9-22(18)26-14-17-4-3-5-20(24)11-17/h3-12,25H,13-14H2,1-2H3. The van der Waals surface area contributed by atoms with Crippen molar-refractivity contribution in [3.63, 3.8) is 0 Å². The number of aryl methyl sites for hydroxylation is 2. The zero-order chi connectivity index (χ0) is 18.5. The third-order valence-electron chi connectivity index (χ3n) is 4.30. The van der Waals surface area contributed by atoms with E-state index >= 15 is 0 Å². The number of hydrogen-bond acceptors (Lipinski definition) is 2. The zero-order valence-electron chi connectivity index (χ0n) is 14.9. The molecule has 0 fully saturated rings. The van der Waals surface area contributed by atoms with Crippen LogP contribution in [0.1, 0.15) is 22.3 Å². The first kappa shape index (κ1) is 18.3. The molecule has 3 rings (SSSR count). The van der Waals surface area contributed by atoms with Crippen molar-refractivity contribution in [2.45, 2.75) is 27.0 Å². The molecule has 4 heteroatoms. The lowest BCUT2D eigenvalue weighted by molar-refractivity contribution is 0.302. The van der Waals surface area contributed by atoms with E-state index in [-0.39, 0.29) is 5.82 Å². The molecule has 2 nitrogen and oxygen atoms in total. The molecule has 0 aliphatic carbocycles. The lowest BCUT2D eigenvalue weighted by Crippen LogP contribution is -2.04. The summed E-state index contributed by atoms with van der Waals surface area (Å²) in [5.74, 6) is 0.467. The van der Waals surface area contributed by atoms with Crippen molar-refractivity contribution in [2.24, 2.45) is 0 Å². The van der Waals surface area contributed by atoms with Crippen LogP contribution >= 0.6 is 11.6 Å². The molecule has 0 aromatic heterocycles. The minimum Gasteiger partial charge on any atom is -0.489 e. The Hall–Kier alpha value is -2.52. The summed E-state index contributed by atoms with van der Waals surface area (Å²) in [6, 6.07) is 18.2. The van der Waals surface area contributed by atoms with Gasteiger partial charge in [-0.05, 0) is 73.0 Å². The molecule has 3 aromatic carbocycles. The molecular formula is C22H21ClFNO. The second kappa shape index (κ2) is 8.24. The average Bonchev–Trinajstić information content (AvgIpc) is 2.62. The van der Waals surface area contributed by atoms with Gasteiger partial charge in [0.2, 0.25) is 0 Å². The van der Waals surface area contributed by atoms with E-state index in [4.69, 9.17) is 16.3 Å². The Morgan fingerprint density at radius 3 is 2.58 bits per heavy atom. The van der Waals surface area contributed by atoms with Crippen LogP contribution in [0.3, 0.4) is 0 Å². The number of hydrogen-bond donors (Lipinski definition) is 1. The van der Waals surface area contributed by atoms with Crippen molar-refractivity contribution >= 4 is 17.3 Å². The summed E-state index contributed by atoms with van der Waals surface area (Å²) in [4.78, 5) is 0. The van der Waals surface area contributed by atoms with Gasteiger partial charge in [-0.15, -0.1) is 0 Å². The molecule has 0 saturated carbocycles. The Kier molecular flexibility index (Phi) is 5.79. The Morgan fingerprint density at radius 2 is 1.81 bits per heavy atom. The van der Waals surface area contributed by atoms with Gasteiger partial charge in [-0.25, -0.2) is 4.39 Å². The van der Waals surface area contributed by atoms with Gasteiger partial charge in [0.05, 0.1) is 0 Å². The summed E-state index contributed by atoms with van der Waals surface area (Å²) in [7, 11) is 0. The predicted molar refractivity (Wildman–Crippen MR) is 105 cm³/mol. The first-order valence-corrected chi connectivity index (χ1v) is 8.86. The molecule has 0 unspecified atom stereocenters. The minimum atomic E-state index is -0.265. The number of rotatable bonds is 6. The Labute approximate surface area is 158 Å². The summed E-state index contributed by atoms with van der Waals surface area (Å²) in [5, 5.41) is 4.06. The monoisotopic (exact) mass is 369 g/mol. The van der Waals surface area contributed by atoms with Crippen molar-refractivity contribution in [3.05, 3.63) is 93.8 Å². The van der Waals surface area contributed by atoms with Crippen molar-refractivity contribution in [2.75, 3.05) is 5.32 Å². The smallest absolute Gasteiger partial charge is 0.124 e. The number of nitrogens with one attached hydrogen (secondary N) is 1. The molecule has 0 heterocycles. The molecular weight excluding hydrogens is 349 g/mol. The van der Waals surface area contributed by atoms with Crippen LogP contribution in [-0.4, -0.2) is 0 Å². The third kappa shape index (κ3) is 4.77. The lowest BCUT2D eigenvalue weighted by Gasteiger charge is -2.14. The molecule has 0 radical (unpaired) electrons. The normalized spacial score (nSPS) is 10.6. The predicted octanol–water partition coefficient (Wildman–Crippen LogP) is 6.29. The van der Waals surface area contributed by atoms with Crippen LogP contribution in [0.4, 0.5) is 10.1 Å². The fraction of sp³-hybridized carbons (Fsp3) is 0.182. The maximum Gasteiger partial charge on any atom is 0.124 e. The van der Waals surface area contributed by atoms with Gasteiger partial charge in [-0.2, -0.15) is 0 Å². The summed E-state index contributed by atoms with van der Waals surface area (Å²) in [5.41, 5.74) is 5.28. The van der Waals surface area contributed by atoms with Crippen molar-refractivity contribution in [1.82, 2.24) is 0 Å². The first-order chi connectivity index (χ1) is 12.5. The van der Waals surface area contributed by atoms with Gasteiger partial charge in [-0.3, -0.25) is 0 Å². The molecule has 1 N–H and O–H groups in total. The van der Waals surface area contributed by atoms with Gasteiger partial charge in [0.15, 0.2) is 0 Å². The van der Waals surface area contributed by atoms with E-state index in [1.165, 1.54) is 23.3 Å². The number of benzene rings is 3. The SMILES string of the molecule is Cc1ccc(NCc2cc(Cl)ccc2OCc2cccc(F)c2)cc1C. The van der Waals surface area contributed by atoms with Crippen LogP contribution in [-0.2, 0) is 13.2 Å². The second-order valence-corrected chi connectivity index (χ2v) is 6.76.